The molecule has 0 spiro atoms. The van der Waals surface area contributed by atoms with E-state index in [0.29, 0.717) is 18.4 Å². The van der Waals surface area contributed by atoms with Crippen LogP contribution in [-0.4, -0.2) is 23.0 Å². The summed E-state index contributed by atoms with van der Waals surface area (Å²) in [6.45, 7) is 5.86. The fourth-order valence-corrected chi connectivity index (χ4v) is 2.73. The van der Waals surface area contributed by atoms with Gasteiger partial charge < -0.3 is 10.4 Å². The lowest BCUT2D eigenvalue weighted by molar-refractivity contribution is -0.145. The molecule has 0 saturated heterocycles. The van der Waals surface area contributed by atoms with E-state index < -0.39 is 5.97 Å². The highest BCUT2D eigenvalue weighted by atomic mass is 16.4. The minimum atomic E-state index is -0.770. The number of carbonyl (C=O) groups excluding carboxylic acids is 1. The second kappa shape index (κ2) is 5.03. The van der Waals surface area contributed by atoms with Gasteiger partial charge in [-0.05, 0) is 44.7 Å². The normalized spacial score (nSPS) is 21.6. The molecule has 0 unspecified atom stereocenters. The van der Waals surface area contributed by atoms with Gasteiger partial charge in [-0.2, -0.15) is 0 Å². The Labute approximate surface area is 112 Å². The summed E-state index contributed by atoms with van der Waals surface area (Å²) in [6.07, 6.45) is 1.07. The Morgan fingerprint density at radius 3 is 2.16 bits per heavy atom. The summed E-state index contributed by atoms with van der Waals surface area (Å²) in [5, 5.41) is 11.7. The van der Waals surface area contributed by atoms with E-state index in [0.717, 1.165) is 16.7 Å². The first-order valence-electron chi connectivity index (χ1n) is 6.50. The maximum Gasteiger partial charge on any atom is 0.306 e. The van der Waals surface area contributed by atoms with Crippen molar-refractivity contribution in [2.45, 2.75) is 39.7 Å². The highest BCUT2D eigenvalue weighted by Gasteiger charge is 2.35. The Bertz CT molecular complexity index is 507. The van der Waals surface area contributed by atoms with Gasteiger partial charge in [0.2, 0.25) is 0 Å². The van der Waals surface area contributed by atoms with Crippen molar-refractivity contribution in [3.8, 4) is 0 Å². The number of benzene rings is 1. The number of hydrogen-bond donors (Lipinski definition) is 2. The largest absolute Gasteiger partial charge is 0.481 e. The van der Waals surface area contributed by atoms with Crippen LogP contribution in [0.25, 0.3) is 0 Å². The van der Waals surface area contributed by atoms with Crippen LogP contribution < -0.4 is 5.32 Å². The molecular formula is C15H19NO3. The first kappa shape index (κ1) is 13.6. The lowest BCUT2D eigenvalue weighted by atomic mass is 9.80. The van der Waals surface area contributed by atoms with Crippen LogP contribution in [0.15, 0.2) is 12.1 Å². The molecule has 4 heteroatoms. The van der Waals surface area contributed by atoms with E-state index in [2.05, 4.69) is 5.32 Å². The van der Waals surface area contributed by atoms with Crippen molar-refractivity contribution in [1.82, 2.24) is 5.32 Å². The number of carboxylic acid groups (broad SMARTS) is 1. The summed E-state index contributed by atoms with van der Waals surface area (Å²) in [7, 11) is 0. The maximum atomic E-state index is 12.2. The monoisotopic (exact) mass is 261 g/mol. The van der Waals surface area contributed by atoms with E-state index in [9.17, 15) is 9.59 Å². The second-order valence-electron chi connectivity index (χ2n) is 5.45. The smallest absolute Gasteiger partial charge is 0.306 e. The van der Waals surface area contributed by atoms with Crippen molar-refractivity contribution in [2.75, 3.05) is 0 Å². The Morgan fingerprint density at radius 1 is 1.16 bits per heavy atom. The number of rotatable bonds is 3. The molecule has 0 bridgehead atoms. The van der Waals surface area contributed by atoms with E-state index in [-0.39, 0.29) is 17.9 Å². The fraction of sp³-hybridized carbons (Fsp3) is 0.467. The van der Waals surface area contributed by atoms with Crippen LogP contribution in [0.1, 0.15) is 39.9 Å². The molecule has 1 amide bonds. The Hall–Kier alpha value is -1.84. The molecule has 1 aromatic carbocycles. The van der Waals surface area contributed by atoms with Gasteiger partial charge in [-0.25, -0.2) is 0 Å². The Morgan fingerprint density at radius 2 is 1.68 bits per heavy atom. The van der Waals surface area contributed by atoms with E-state index in [1.807, 2.05) is 32.9 Å². The first-order valence-corrected chi connectivity index (χ1v) is 6.50. The minimum absolute atomic E-state index is 0.00583. The molecule has 4 nitrogen and oxygen atoms in total. The van der Waals surface area contributed by atoms with Crippen molar-refractivity contribution in [1.29, 1.82) is 0 Å². The number of carbonyl (C=O) groups is 2. The van der Waals surface area contributed by atoms with Crippen LogP contribution >= 0.6 is 0 Å². The van der Waals surface area contributed by atoms with Crippen molar-refractivity contribution < 1.29 is 14.7 Å². The zero-order chi connectivity index (χ0) is 14.2. The number of hydrogen-bond acceptors (Lipinski definition) is 2. The van der Waals surface area contributed by atoms with Crippen LogP contribution in [0, 0.1) is 26.7 Å². The van der Waals surface area contributed by atoms with Gasteiger partial charge in [0, 0.05) is 11.6 Å². The van der Waals surface area contributed by atoms with Crippen LogP contribution in [0.4, 0.5) is 0 Å². The van der Waals surface area contributed by atoms with E-state index in [1.54, 1.807) is 0 Å². The summed E-state index contributed by atoms with van der Waals surface area (Å²) >= 11 is 0. The van der Waals surface area contributed by atoms with E-state index >= 15 is 0 Å². The molecule has 0 radical (unpaired) electrons. The summed E-state index contributed by atoms with van der Waals surface area (Å²) in [6, 6.07) is 3.97. The van der Waals surface area contributed by atoms with Crippen LogP contribution in [-0.2, 0) is 4.79 Å². The molecule has 2 rings (SSSR count). The molecule has 0 aromatic heterocycles. The lowest BCUT2D eigenvalue weighted by Gasteiger charge is -2.33. The third kappa shape index (κ3) is 2.78. The summed E-state index contributed by atoms with van der Waals surface area (Å²) in [4.78, 5) is 22.9. The average molecular weight is 261 g/mol. The topological polar surface area (TPSA) is 66.4 Å². The summed E-state index contributed by atoms with van der Waals surface area (Å²) < 4.78 is 0. The van der Waals surface area contributed by atoms with Gasteiger partial charge >= 0.3 is 5.97 Å². The van der Waals surface area contributed by atoms with Gasteiger partial charge in [0.1, 0.15) is 0 Å². The molecule has 1 aliphatic carbocycles. The highest BCUT2D eigenvalue weighted by Crippen LogP contribution is 2.28. The van der Waals surface area contributed by atoms with Crippen molar-refractivity contribution >= 4 is 11.9 Å². The molecule has 1 aliphatic rings. The quantitative estimate of drug-likeness (QED) is 0.876. The van der Waals surface area contributed by atoms with Gasteiger partial charge in [-0.3, -0.25) is 9.59 Å². The SMILES string of the molecule is Cc1cc(C)c(C(=O)NC2CC(C(=O)O)C2)c(C)c1. The summed E-state index contributed by atoms with van der Waals surface area (Å²) in [5.74, 6) is -1.16. The lowest BCUT2D eigenvalue weighted by Crippen LogP contribution is -2.47. The van der Waals surface area contributed by atoms with Crippen LogP contribution in [0.5, 0.6) is 0 Å². The van der Waals surface area contributed by atoms with Crippen molar-refractivity contribution in [3.63, 3.8) is 0 Å². The van der Waals surface area contributed by atoms with Crippen LogP contribution in [0.3, 0.4) is 0 Å². The number of carboxylic acids is 1. The van der Waals surface area contributed by atoms with Gasteiger partial charge in [-0.15, -0.1) is 0 Å². The predicted molar refractivity (Wildman–Crippen MR) is 72.3 cm³/mol. The molecule has 19 heavy (non-hydrogen) atoms. The Balaban J connectivity index is 2.04. The molecule has 0 aliphatic heterocycles. The first-order chi connectivity index (χ1) is 8.88. The Kier molecular flexibility index (Phi) is 3.60. The zero-order valence-corrected chi connectivity index (χ0v) is 11.5. The average Bonchev–Trinajstić information content (AvgIpc) is 2.20. The van der Waals surface area contributed by atoms with Gasteiger partial charge in [0.25, 0.3) is 5.91 Å². The third-order valence-electron chi connectivity index (χ3n) is 3.73. The number of amides is 1. The molecule has 102 valence electrons. The molecular weight excluding hydrogens is 242 g/mol. The molecule has 2 N–H and O–H groups in total. The fourth-order valence-electron chi connectivity index (χ4n) is 2.73. The van der Waals surface area contributed by atoms with Crippen molar-refractivity contribution in [2.24, 2.45) is 5.92 Å². The minimum Gasteiger partial charge on any atom is -0.481 e. The van der Waals surface area contributed by atoms with Crippen molar-refractivity contribution in [3.05, 3.63) is 34.4 Å². The second-order valence-corrected chi connectivity index (χ2v) is 5.45. The molecule has 1 saturated carbocycles. The van der Waals surface area contributed by atoms with Crippen LogP contribution in [0.2, 0.25) is 0 Å². The summed E-state index contributed by atoms with van der Waals surface area (Å²) in [5.41, 5.74) is 3.78. The number of aliphatic carboxylic acids is 1. The van der Waals surface area contributed by atoms with Gasteiger partial charge in [0.15, 0.2) is 0 Å². The number of nitrogens with one attached hydrogen (secondary N) is 1. The maximum absolute atomic E-state index is 12.2. The van der Waals surface area contributed by atoms with Gasteiger partial charge in [-0.1, -0.05) is 17.7 Å². The standard InChI is InChI=1S/C15H19NO3/c1-8-4-9(2)13(10(3)5-8)14(17)16-12-6-11(7-12)15(18)19/h4-5,11-12H,6-7H2,1-3H3,(H,16,17)(H,18,19). The number of aryl methyl sites for hydroxylation is 3. The molecule has 0 heterocycles. The zero-order valence-electron chi connectivity index (χ0n) is 11.5. The van der Waals surface area contributed by atoms with E-state index in [1.165, 1.54) is 0 Å². The molecule has 0 atom stereocenters. The van der Waals surface area contributed by atoms with E-state index in [4.69, 9.17) is 5.11 Å². The molecule has 1 aromatic rings. The predicted octanol–water partition coefficient (Wildman–Crippen LogP) is 2.20. The van der Waals surface area contributed by atoms with Gasteiger partial charge in [0.05, 0.1) is 5.92 Å². The molecule has 1 fully saturated rings. The highest BCUT2D eigenvalue weighted by molar-refractivity contribution is 5.97. The third-order valence-corrected chi connectivity index (χ3v) is 3.73.